The van der Waals surface area contributed by atoms with Crippen LogP contribution in [-0.4, -0.2) is 22.3 Å². The Hall–Kier alpha value is -2.09. The molecule has 0 radical (unpaired) electrons. The molecule has 1 heterocycles. The molecule has 0 unspecified atom stereocenters. The van der Waals surface area contributed by atoms with Gasteiger partial charge in [-0.3, -0.25) is 5.32 Å². The van der Waals surface area contributed by atoms with Crippen molar-refractivity contribution < 1.29 is 13.6 Å². The van der Waals surface area contributed by atoms with Gasteiger partial charge in [-0.2, -0.15) is 0 Å². The van der Waals surface area contributed by atoms with E-state index in [1.54, 1.807) is 6.92 Å². The first-order valence-corrected chi connectivity index (χ1v) is 6.71. The highest BCUT2D eigenvalue weighted by atomic mass is 32.1. The molecule has 1 atom stereocenters. The molecule has 1 aromatic carbocycles. The molecule has 0 spiro atoms. The third-order valence-electron chi connectivity index (χ3n) is 2.53. The molecule has 2 rings (SSSR count). The van der Waals surface area contributed by atoms with Gasteiger partial charge in [-0.25, -0.2) is 13.6 Å². The average Bonchev–Trinajstić information content (AvgIpc) is 2.86. The Morgan fingerprint density at radius 3 is 2.70 bits per heavy atom. The number of amides is 2. The van der Waals surface area contributed by atoms with Crippen molar-refractivity contribution >= 4 is 22.5 Å². The summed E-state index contributed by atoms with van der Waals surface area (Å²) in [6.45, 7) is 1.66. The summed E-state index contributed by atoms with van der Waals surface area (Å²) in [6, 6.07) is 2.74. The van der Waals surface area contributed by atoms with Gasteiger partial charge in [0.25, 0.3) is 0 Å². The number of halogens is 2. The number of urea groups is 1. The summed E-state index contributed by atoms with van der Waals surface area (Å²) < 4.78 is 26.9. The molecular formula is C12H12F2N4OS. The lowest BCUT2D eigenvalue weighted by atomic mass is 10.1. The third-order valence-corrected chi connectivity index (χ3v) is 3.14. The molecule has 0 aliphatic heterocycles. The Labute approximate surface area is 118 Å². The minimum absolute atomic E-state index is 0.0452. The maximum atomic E-state index is 13.5. The lowest BCUT2D eigenvalue weighted by Crippen LogP contribution is -2.37. The fourth-order valence-electron chi connectivity index (χ4n) is 1.67. The number of anilines is 1. The number of carbonyl (C=O) groups excluding carboxylic acids is 1. The summed E-state index contributed by atoms with van der Waals surface area (Å²) in [5.74, 6) is -1.24. The second kappa shape index (κ2) is 6.38. The Morgan fingerprint density at radius 2 is 2.10 bits per heavy atom. The van der Waals surface area contributed by atoms with Gasteiger partial charge in [0.15, 0.2) is 0 Å². The van der Waals surface area contributed by atoms with Crippen LogP contribution in [0.3, 0.4) is 0 Å². The standard InChI is InChI=1S/C12H12F2N4OS/c1-7(5-8-9(13)3-2-4-10(8)14)16-11(19)17-12-18-15-6-20-12/h2-4,6-7H,5H2,1H3,(H2,16,17,18,19)/t7-/m1/s1. The molecule has 0 fully saturated rings. The van der Waals surface area contributed by atoms with E-state index in [0.29, 0.717) is 5.13 Å². The number of hydrogen-bond donors (Lipinski definition) is 2. The molecule has 2 N–H and O–H groups in total. The fourth-order valence-corrected chi connectivity index (χ4v) is 2.11. The fraction of sp³-hybridized carbons (Fsp3) is 0.250. The highest BCUT2D eigenvalue weighted by molar-refractivity contribution is 7.13. The van der Waals surface area contributed by atoms with Crippen molar-refractivity contribution in [3.63, 3.8) is 0 Å². The molecule has 0 aliphatic carbocycles. The van der Waals surface area contributed by atoms with E-state index >= 15 is 0 Å². The normalized spacial score (nSPS) is 11.9. The second-order valence-corrected chi connectivity index (χ2v) is 4.98. The lowest BCUT2D eigenvalue weighted by molar-refractivity contribution is 0.249. The Bertz CT molecular complexity index is 571. The number of rotatable bonds is 4. The first kappa shape index (κ1) is 14.3. The molecule has 2 amide bonds. The smallest absolute Gasteiger partial charge is 0.321 e. The van der Waals surface area contributed by atoms with E-state index in [0.717, 1.165) is 0 Å². The maximum Gasteiger partial charge on any atom is 0.321 e. The number of benzene rings is 1. The highest BCUT2D eigenvalue weighted by Crippen LogP contribution is 2.14. The first-order valence-electron chi connectivity index (χ1n) is 5.83. The van der Waals surface area contributed by atoms with Crippen molar-refractivity contribution in [2.45, 2.75) is 19.4 Å². The summed E-state index contributed by atoms with van der Waals surface area (Å²) in [5, 5.41) is 12.6. The van der Waals surface area contributed by atoms with E-state index in [9.17, 15) is 13.6 Å². The van der Waals surface area contributed by atoms with Gasteiger partial charge in [-0.15, -0.1) is 10.2 Å². The van der Waals surface area contributed by atoms with E-state index in [2.05, 4.69) is 20.8 Å². The SMILES string of the molecule is C[C@H](Cc1c(F)cccc1F)NC(=O)Nc1nncs1. The van der Waals surface area contributed by atoms with Gasteiger partial charge in [0.05, 0.1) is 0 Å². The van der Waals surface area contributed by atoms with Crippen molar-refractivity contribution in [3.8, 4) is 0 Å². The number of carbonyl (C=O) groups is 1. The lowest BCUT2D eigenvalue weighted by Gasteiger charge is -2.14. The zero-order valence-corrected chi connectivity index (χ0v) is 11.4. The molecular weight excluding hydrogens is 286 g/mol. The molecule has 20 heavy (non-hydrogen) atoms. The van der Waals surface area contributed by atoms with Gasteiger partial charge in [0.2, 0.25) is 5.13 Å². The van der Waals surface area contributed by atoms with Crippen LogP contribution in [-0.2, 0) is 6.42 Å². The van der Waals surface area contributed by atoms with Gasteiger partial charge >= 0.3 is 6.03 Å². The number of nitrogens with one attached hydrogen (secondary N) is 2. The van der Waals surface area contributed by atoms with Gasteiger partial charge in [0.1, 0.15) is 17.1 Å². The summed E-state index contributed by atoms with van der Waals surface area (Å²) >= 11 is 1.17. The molecule has 0 aliphatic rings. The van der Waals surface area contributed by atoms with Gasteiger partial charge in [0, 0.05) is 11.6 Å². The summed E-state index contributed by atoms with van der Waals surface area (Å²) in [7, 11) is 0. The predicted octanol–water partition coefficient (Wildman–Crippen LogP) is 2.57. The number of aromatic nitrogens is 2. The Morgan fingerprint density at radius 1 is 1.40 bits per heavy atom. The van der Waals surface area contributed by atoms with Crippen LogP contribution in [0.2, 0.25) is 0 Å². The Kier molecular flexibility index (Phi) is 4.57. The quantitative estimate of drug-likeness (QED) is 0.911. The molecule has 0 saturated carbocycles. The zero-order valence-electron chi connectivity index (χ0n) is 10.6. The third kappa shape index (κ3) is 3.70. The molecule has 2 aromatic rings. The van der Waals surface area contributed by atoms with Gasteiger partial charge in [-0.1, -0.05) is 17.4 Å². The van der Waals surface area contributed by atoms with E-state index < -0.39 is 23.7 Å². The molecule has 0 bridgehead atoms. The number of hydrogen-bond acceptors (Lipinski definition) is 4. The van der Waals surface area contributed by atoms with Crippen molar-refractivity contribution in [2.24, 2.45) is 0 Å². The van der Waals surface area contributed by atoms with Crippen LogP contribution in [0.5, 0.6) is 0 Å². The number of nitrogens with zero attached hydrogens (tertiary/aromatic N) is 2. The summed E-state index contributed by atoms with van der Waals surface area (Å²) in [6.07, 6.45) is 0.0576. The van der Waals surface area contributed by atoms with Crippen molar-refractivity contribution in [1.82, 2.24) is 15.5 Å². The molecule has 1 aromatic heterocycles. The van der Waals surface area contributed by atoms with Crippen LogP contribution < -0.4 is 10.6 Å². The minimum atomic E-state index is -0.622. The van der Waals surface area contributed by atoms with Crippen LogP contribution in [0.4, 0.5) is 18.7 Å². The molecule has 0 saturated heterocycles. The molecule has 8 heteroatoms. The van der Waals surface area contributed by atoms with E-state index in [4.69, 9.17) is 0 Å². The second-order valence-electron chi connectivity index (χ2n) is 4.15. The van der Waals surface area contributed by atoms with Crippen LogP contribution in [0, 0.1) is 11.6 Å². The predicted molar refractivity (Wildman–Crippen MR) is 71.6 cm³/mol. The largest absolute Gasteiger partial charge is 0.335 e. The molecule has 106 valence electrons. The van der Waals surface area contributed by atoms with Gasteiger partial charge < -0.3 is 5.32 Å². The summed E-state index contributed by atoms with van der Waals surface area (Å²) in [5.41, 5.74) is 1.43. The molecule has 5 nitrogen and oxygen atoms in total. The maximum absolute atomic E-state index is 13.5. The Balaban J connectivity index is 1.92. The monoisotopic (exact) mass is 298 g/mol. The average molecular weight is 298 g/mol. The topological polar surface area (TPSA) is 66.9 Å². The van der Waals surface area contributed by atoms with E-state index in [1.165, 1.54) is 35.0 Å². The van der Waals surface area contributed by atoms with E-state index in [-0.39, 0.29) is 12.0 Å². The van der Waals surface area contributed by atoms with Crippen molar-refractivity contribution in [3.05, 3.63) is 40.9 Å². The minimum Gasteiger partial charge on any atom is -0.335 e. The summed E-state index contributed by atoms with van der Waals surface area (Å²) in [4.78, 5) is 11.6. The first-order chi connectivity index (χ1) is 9.56. The van der Waals surface area contributed by atoms with Gasteiger partial charge in [-0.05, 0) is 25.5 Å². The van der Waals surface area contributed by atoms with E-state index in [1.807, 2.05) is 0 Å². The van der Waals surface area contributed by atoms with Crippen LogP contribution >= 0.6 is 11.3 Å². The van der Waals surface area contributed by atoms with Crippen molar-refractivity contribution in [2.75, 3.05) is 5.32 Å². The van der Waals surface area contributed by atoms with Crippen molar-refractivity contribution in [1.29, 1.82) is 0 Å². The van der Waals surface area contributed by atoms with Crippen LogP contribution in [0.15, 0.2) is 23.7 Å². The van der Waals surface area contributed by atoms with Crippen LogP contribution in [0.25, 0.3) is 0 Å². The van der Waals surface area contributed by atoms with Crippen LogP contribution in [0.1, 0.15) is 12.5 Å². The highest BCUT2D eigenvalue weighted by Gasteiger charge is 2.14. The zero-order chi connectivity index (χ0) is 14.5.